The Morgan fingerprint density at radius 1 is 1.60 bits per heavy atom. The van der Waals surface area contributed by atoms with Gasteiger partial charge in [-0.25, -0.2) is 0 Å². The van der Waals surface area contributed by atoms with Crippen molar-refractivity contribution in [2.45, 2.75) is 32.2 Å². The van der Waals surface area contributed by atoms with E-state index in [1.54, 1.807) is 11.8 Å². The molecule has 0 aromatic heterocycles. The Morgan fingerprint density at radius 3 is 3.07 bits per heavy atom. The average Bonchev–Trinajstić information content (AvgIpc) is 2.22. The molecule has 2 unspecified atom stereocenters. The van der Waals surface area contributed by atoms with E-state index in [4.69, 9.17) is 0 Å². The van der Waals surface area contributed by atoms with Gasteiger partial charge in [0.1, 0.15) is 0 Å². The predicted octanol–water partition coefficient (Wildman–Crippen LogP) is 1.24. The van der Waals surface area contributed by atoms with E-state index in [-0.39, 0.29) is 5.91 Å². The van der Waals surface area contributed by atoms with Crippen LogP contribution in [0.15, 0.2) is 0 Å². The van der Waals surface area contributed by atoms with Gasteiger partial charge in [0.05, 0.1) is 0 Å². The highest BCUT2D eigenvalue weighted by molar-refractivity contribution is 7.98. The lowest BCUT2D eigenvalue weighted by Crippen LogP contribution is -2.48. The van der Waals surface area contributed by atoms with Crippen molar-refractivity contribution in [3.63, 3.8) is 0 Å². The van der Waals surface area contributed by atoms with Gasteiger partial charge in [0.25, 0.3) is 0 Å². The Bertz CT molecular complexity index is 199. The number of rotatable bonds is 5. The highest BCUT2D eigenvalue weighted by Gasteiger charge is 2.21. The Labute approximate surface area is 96.8 Å². The summed E-state index contributed by atoms with van der Waals surface area (Å²) in [5.41, 5.74) is 0. The van der Waals surface area contributed by atoms with Gasteiger partial charge in [-0.05, 0) is 43.9 Å². The zero-order valence-electron chi connectivity index (χ0n) is 9.71. The number of carbonyl (C=O) groups is 1. The molecule has 1 heterocycles. The molecule has 1 rings (SSSR count). The highest BCUT2D eigenvalue weighted by Crippen LogP contribution is 2.10. The molecule has 1 aliphatic heterocycles. The number of hydrogen-bond acceptors (Lipinski definition) is 3. The molecule has 4 heteroatoms. The SMILES string of the molecule is CSCCCC(=O)NC1CCNCC1C. The second-order valence-electron chi connectivity index (χ2n) is 4.24. The van der Waals surface area contributed by atoms with Gasteiger partial charge in [-0.15, -0.1) is 0 Å². The summed E-state index contributed by atoms with van der Waals surface area (Å²) >= 11 is 1.80. The van der Waals surface area contributed by atoms with Crippen LogP contribution in [0.3, 0.4) is 0 Å². The van der Waals surface area contributed by atoms with Crippen LogP contribution in [0.2, 0.25) is 0 Å². The van der Waals surface area contributed by atoms with Crippen LogP contribution in [0, 0.1) is 5.92 Å². The van der Waals surface area contributed by atoms with Gasteiger partial charge in [0, 0.05) is 12.5 Å². The summed E-state index contributed by atoms with van der Waals surface area (Å²) in [7, 11) is 0. The lowest BCUT2D eigenvalue weighted by Gasteiger charge is -2.30. The van der Waals surface area contributed by atoms with Crippen LogP contribution in [-0.4, -0.2) is 37.0 Å². The molecule has 1 fully saturated rings. The Kier molecular flexibility index (Phi) is 6.10. The third-order valence-electron chi connectivity index (χ3n) is 2.88. The normalized spacial score (nSPS) is 26.3. The first-order valence-electron chi connectivity index (χ1n) is 5.73. The third kappa shape index (κ3) is 4.89. The largest absolute Gasteiger partial charge is 0.353 e. The van der Waals surface area contributed by atoms with E-state index in [1.165, 1.54) is 0 Å². The quantitative estimate of drug-likeness (QED) is 0.698. The molecule has 0 bridgehead atoms. The fraction of sp³-hybridized carbons (Fsp3) is 0.909. The van der Waals surface area contributed by atoms with Crippen LogP contribution in [0.4, 0.5) is 0 Å². The van der Waals surface area contributed by atoms with Gasteiger partial charge >= 0.3 is 0 Å². The molecule has 15 heavy (non-hydrogen) atoms. The minimum absolute atomic E-state index is 0.225. The van der Waals surface area contributed by atoms with Crippen molar-refractivity contribution < 1.29 is 4.79 Å². The van der Waals surface area contributed by atoms with Crippen molar-refractivity contribution in [1.82, 2.24) is 10.6 Å². The first-order valence-corrected chi connectivity index (χ1v) is 7.12. The molecular formula is C11H22N2OS. The highest BCUT2D eigenvalue weighted by atomic mass is 32.2. The maximum Gasteiger partial charge on any atom is 0.220 e. The van der Waals surface area contributed by atoms with E-state index < -0.39 is 0 Å². The topological polar surface area (TPSA) is 41.1 Å². The molecular weight excluding hydrogens is 208 g/mol. The van der Waals surface area contributed by atoms with Gasteiger partial charge in [0.15, 0.2) is 0 Å². The summed E-state index contributed by atoms with van der Waals surface area (Å²) in [6.45, 7) is 4.24. The molecule has 0 radical (unpaired) electrons. The van der Waals surface area contributed by atoms with Gasteiger partial charge in [-0.1, -0.05) is 6.92 Å². The molecule has 0 spiro atoms. The maximum absolute atomic E-state index is 11.6. The maximum atomic E-state index is 11.6. The van der Waals surface area contributed by atoms with Crippen LogP contribution in [-0.2, 0) is 4.79 Å². The Balaban J connectivity index is 2.18. The second kappa shape index (κ2) is 7.12. The monoisotopic (exact) mass is 230 g/mol. The average molecular weight is 230 g/mol. The molecule has 2 atom stereocenters. The van der Waals surface area contributed by atoms with Crippen molar-refractivity contribution >= 4 is 17.7 Å². The number of amides is 1. The van der Waals surface area contributed by atoms with E-state index in [1.807, 2.05) is 0 Å². The fourth-order valence-corrected chi connectivity index (χ4v) is 2.32. The number of piperidine rings is 1. The lowest BCUT2D eigenvalue weighted by molar-refractivity contribution is -0.122. The number of nitrogens with one attached hydrogen (secondary N) is 2. The van der Waals surface area contributed by atoms with Gasteiger partial charge in [-0.2, -0.15) is 11.8 Å². The first kappa shape index (κ1) is 12.8. The molecule has 0 aromatic carbocycles. The van der Waals surface area contributed by atoms with Crippen molar-refractivity contribution in [2.75, 3.05) is 25.1 Å². The summed E-state index contributed by atoms with van der Waals surface area (Å²) in [6.07, 6.45) is 4.81. The summed E-state index contributed by atoms with van der Waals surface area (Å²) in [6, 6.07) is 0.382. The van der Waals surface area contributed by atoms with Crippen molar-refractivity contribution in [2.24, 2.45) is 5.92 Å². The molecule has 1 amide bonds. The van der Waals surface area contributed by atoms with Crippen molar-refractivity contribution in [1.29, 1.82) is 0 Å². The fourth-order valence-electron chi connectivity index (χ4n) is 1.88. The third-order valence-corrected chi connectivity index (χ3v) is 3.58. The molecule has 1 saturated heterocycles. The molecule has 1 aliphatic rings. The van der Waals surface area contributed by atoms with Gasteiger partial charge in [0.2, 0.25) is 5.91 Å². The van der Waals surface area contributed by atoms with Crippen LogP contribution in [0.25, 0.3) is 0 Å². The summed E-state index contributed by atoms with van der Waals surface area (Å²) in [4.78, 5) is 11.6. The van der Waals surface area contributed by atoms with Gasteiger partial charge in [-0.3, -0.25) is 4.79 Å². The summed E-state index contributed by atoms with van der Waals surface area (Å²) < 4.78 is 0. The summed E-state index contributed by atoms with van der Waals surface area (Å²) in [5.74, 6) is 1.86. The number of hydrogen-bond donors (Lipinski definition) is 2. The van der Waals surface area contributed by atoms with E-state index in [0.717, 1.165) is 31.7 Å². The smallest absolute Gasteiger partial charge is 0.220 e. The molecule has 0 saturated carbocycles. The summed E-state index contributed by atoms with van der Waals surface area (Å²) in [5, 5.41) is 6.47. The number of carbonyl (C=O) groups excluding carboxylic acids is 1. The number of thioether (sulfide) groups is 1. The Hall–Kier alpha value is -0.220. The zero-order chi connectivity index (χ0) is 11.1. The van der Waals surface area contributed by atoms with Crippen LogP contribution >= 0.6 is 11.8 Å². The minimum atomic E-state index is 0.225. The first-order chi connectivity index (χ1) is 7.24. The zero-order valence-corrected chi connectivity index (χ0v) is 10.5. The van der Waals surface area contributed by atoms with Gasteiger partial charge < -0.3 is 10.6 Å². The van der Waals surface area contributed by atoms with Crippen molar-refractivity contribution in [3.05, 3.63) is 0 Å². The van der Waals surface area contributed by atoms with Crippen molar-refractivity contribution in [3.8, 4) is 0 Å². The van der Waals surface area contributed by atoms with Crippen LogP contribution < -0.4 is 10.6 Å². The molecule has 0 aromatic rings. The predicted molar refractivity (Wildman–Crippen MR) is 66.2 cm³/mol. The molecule has 3 nitrogen and oxygen atoms in total. The Morgan fingerprint density at radius 2 is 2.40 bits per heavy atom. The van der Waals surface area contributed by atoms with Crippen LogP contribution in [0.1, 0.15) is 26.2 Å². The second-order valence-corrected chi connectivity index (χ2v) is 5.23. The van der Waals surface area contributed by atoms with E-state index >= 15 is 0 Å². The van der Waals surface area contributed by atoms with E-state index in [9.17, 15) is 4.79 Å². The molecule has 88 valence electrons. The van der Waals surface area contributed by atoms with E-state index in [2.05, 4.69) is 23.8 Å². The standard InChI is InChI=1S/C11H22N2OS/c1-9-8-12-6-5-10(9)13-11(14)4-3-7-15-2/h9-10,12H,3-8H2,1-2H3,(H,13,14). The molecule has 0 aliphatic carbocycles. The minimum Gasteiger partial charge on any atom is -0.353 e. The molecule has 2 N–H and O–H groups in total. The van der Waals surface area contributed by atoms with Crippen LogP contribution in [0.5, 0.6) is 0 Å². The lowest BCUT2D eigenvalue weighted by atomic mass is 9.95. The van der Waals surface area contributed by atoms with E-state index in [0.29, 0.717) is 18.4 Å².